The van der Waals surface area contributed by atoms with Gasteiger partial charge in [0.15, 0.2) is 0 Å². The van der Waals surface area contributed by atoms with Crippen LogP contribution >= 0.6 is 23.2 Å². The van der Waals surface area contributed by atoms with E-state index >= 15 is 0 Å². The number of benzene rings is 1. The van der Waals surface area contributed by atoms with Crippen molar-refractivity contribution in [1.29, 1.82) is 0 Å². The molecule has 0 fully saturated rings. The van der Waals surface area contributed by atoms with E-state index in [1.54, 1.807) is 6.07 Å². The van der Waals surface area contributed by atoms with Crippen molar-refractivity contribution in [1.82, 2.24) is 5.32 Å². The van der Waals surface area contributed by atoms with Crippen LogP contribution < -0.4 is 5.32 Å². The van der Waals surface area contributed by atoms with E-state index in [9.17, 15) is 4.39 Å². The minimum atomic E-state index is -0.269. The SMILES string of the molecule is FCCCNCCc1ccc(Cl)cc1Cl. The number of alkyl halides is 1. The quantitative estimate of drug-likeness (QED) is 0.762. The summed E-state index contributed by atoms with van der Waals surface area (Å²) in [5, 5.41) is 4.48. The monoisotopic (exact) mass is 249 g/mol. The summed E-state index contributed by atoms with van der Waals surface area (Å²) in [6.45, 7) is 1.25. The van der Waals surface area contributed by atoms with Crippen LogP contribution in [-0.4, -0.2) is 19.8 Å². The number of hydrogen-bond donors (Lipinski definition) is 1. The van der Waals surface area contributed by atoms with Crippen LogP contribution in [0.2, 0.25) is 10.0 Å². The van der Waals surface area contributed by atoms with Gasteiger partial charge in [0, 0.05) is 10.0 Å². The van der Waals surface area contributed by atoms with E-state index in [0.29, 0.717) is 23.0 Å². The van der Waals surface area contributed by atoms with E-state index in [-0.39, 0.29) is 6.67 Å². The number of nitrogens with one attached hydrogen (secondary N) is 1. The molecule has 4 heteroatoms. The van der Waals surface area contributed by atoms with Crippen molar-refractivity contribution < 1.29 is 4.39 Å². The maximum atomic E-state index is 11.8. The van der Waals surface area contributed by atoms with Crippen LogP contribution in [0.3, 0.4) is 0 Å². The summed E-state index contributed by atoms with van der Waals surface area (Å²) in [6, 6.07) is 5.48. The van der Waals surface area contributed by atoms with Gasteiger partial charge in [-0.15, -0.1) is 0 Å². The maximum Gasteiger partial charge on any atom is 0.0906 e. The fourth-order valence-electron chi connectivity index (χ4n) is 1.26. The van der Waals surface area contributed by atoms with Crippen molar-refractivity contribution in [2.24, 2.45) is 0 Å². The highest BCUT2D eigenvalue weighted by Gasteiger charge is 2.00. The maximum absolute atomic E-state index is 11.8. The van der Waals surface area contributed by atoms with Gasteiger partial charge >= 0.3 is 0 Å². The highest BCUT2D eigenvalue weighted by atomic mass is 35.5. The van der Waals surface area contributed by atoms with Crippen LogP contribution in [0.4, 0.5) is 4.39 Å². The fourth-order valence-corrected chi connectivity index (χ4v) is 1.77. The van der Waals surface area contributed by atoms with Crippen LogP contribution in [0, 0.1) is 0 Å². The summed E-state index contributed by atoms with van der Waals surface area (Å²) in [5.74, 6) is 0. The molecule has 0 aliphatic heterocycles. The Morgan fingerprint density at radius 1 is 1.20 bits per heavy atom. The van der Waals surface area contributed by atoms with Gasteiger partial charge in [-0.3, -0.25) is 4.39 Å². The fraction of sp³-hybridized carbons (Fsp3) is 0.455. The summed E-state index contributed by atoms with van der Waals surface area (Å²) in [7, 11) is 0. The van der Waals surface area contributed by atoms with E-state index in [1.165, 1.54) is 0 Å². The summed E-state index contributed by atoms with van der Waals surface area (Å²) < 4.78 is 11.8. The van der Waals surface area contributed by atoms with Gasteiger partial charge in [-0.2, -0.15) is 0 Å². The molecule has 1 nitrogen and oxygen atoms in total. The molecule has 0 unspecified atom stereocenters. The molecular weight excluding hydrogens is 236 g/mol. The highest BCUT2D eigenvalue weighted by molar-refractivity contribution is 6.35. The molecule has 1 aromatic carbocycles. The van der Waals surface area contributed by atoms with E-state index < -0.39 is 0 Å². The molecule has 84 valence electrons. The van der Waals surface area contributed by atoms with Crippen LogP contribution in [-0.2, 0) is 6.42 Å². The van der Waals surface area contributed by atoms with Crippen LogP contribution in [0.15, 0.2) is 18.2 Å². The molecule has 0 aliphatic rings. The van der Waals surface area contributed by atoms with Crippen molar-refractivity contribution in [2.75, 3.05) is 19.8 Å². The third kappa shape index (κ3) is 4.83. The van der Waals surface area contributed by atoms with E-state index in [4.69, 9.17) is 23.2 Å². The van der Waals surface area contributed by atoms with Crippen LogP contribution in [0.5, 0.6) is 0 Å². The number of halogens is 3. The van der Waals surface area contributed by atoms with Crippen molar-refractivity contribution in [3.63, 3.8) is 0 Å². The molecule has 1 rings (SSSR count). The first kappa shape index (κ1) is 12.8. The lowest BCUT2D eigenvalue weighted by Gasteiger charge is -2.05. The van der Waals surface area contributed by atoms with Crippen molar-refractivity contribution >= 4 is 23.2 Å². The summed E-state index contributed by atoms with van der Waals surface area (Å²) in [6.07, 6.45) is 1.40. The van der Waals surface area contributed by atoms with E-state index in [1.807, 2.05) is 12.1 Å². The van der Waals surface area contributed by atoms with Crippen LogP contribution in [0.25, 0.3) is 0 Å². The topological polar surface area (TPSA) is 12.0 Å². The molecule has 0 heterocycles. The molecule has 0 aliphatic carbocycles. The van der Waals surface area contributed by atoms with Gasteiger partial charge in [0.05, 0.1) is 6.67 Å². The Kier molecular flexibility index (Phi) is 5.99. The number of rotatable bonds is 6. The zero-order chi connectivity index (χ0) is 11.1. The molecule has 0 aromatic heterocycles. The first-order chi connectivity index (χ1) is 7.24. The second kappa shape index (κ2) is 7.04. The smallest absolute Gasteiger partial charge is 0.0906 e. The van der Waals surface area contributed by atoms with Gasteiger partial charge in [-0.05, 0) is 43.6 Å². The average Bonchev–Trinajstić information content (AvgIpc) is 2.20. The van der Waals surface area contributed by atoms with Crippen molar-refractivity contribution in [3.8, 4) is 0 Å². The second-order valence-electron chi connectivity index (χ2n) is 3.28. The average molecular weight is 250 g/mol. The predicted octanol–water partition coefficient (Wildman–Crippen LogP) is 3.49. The van der Waals surface area contributed by atoms with Gasteiger partial charge in [-0.25, -0.2) is 0 Å². The van der Waals surface area contributed by atoms with Gasteiger partial charge < -0.3 is 5.32 Å². The first-order valence-electron chi connectivity index (χ1n) is 4.94. The Morgan fingerprint density at radius 3 is 2.67 bits per heavy atom. The largest absolute Gasteiger partial charge is 0.316 e. The van der Waals surface area contributed by atoms with Gasteiger partial charge in [-0.1, -0.05) is 29.3 Å². The third-order valence-corrected chi connectivity index (χ3v) is 2.66. The molecular formula is C11H14Cl2FN. The molecule has 0 bridgehead atoms. The highest BCUT2D eigenvalue weighted by Crippen LogP contribution is 2.20. The van der Waals surface area contributed by atoms with E-state index in [2.05, 4.69) is 5.32 Å². The Balaban J connectivity index is 2.31. The lowest BCUT2D eigenvalue weighted by Crippen LogP contribution is -2.18. The lowest BCUT2D eigenvalue weighted by molar-refractivity contribution is 0.460. The van der Waals surface area contributed by atoms with Gasteiger partial charge in [0.2, 0.25) is 0 Å². The minimum absolute atomic E-state index is 0.269. The lowest BCUT2D eigenvalue weighted by atomic mass is 10.1. The molecule has 0 spiro atoms. The summed E-state index contributed by atoms with van der Waals surface area (Å²) in [4.78, 5) is 0. The Bertz CT molecular complexity index is 305. The Hall–Kier alpha value is -0.310. The molecule has 1 N–H and O–H groups in total. The Labute approximate surface area is 99.6 Å². The summed E-state index contributed by atoms with van der Waals surface area (Å²) in [5.41, 5.74) is 1.06. The molecule has 15 heavy (non-hydrogen) atoms. The first-order valence-corrected chi connectivity index (χ1v) is 5.70. The van der Waals surface area contributed by atoms with Crippen LogP contribution in [0.1, 0.15) is 12.0 Å². The van der Waals surface area contributed by atoms with Crippen molar-refractivity contribution in [3.05, 3.63) is 33.8 Å². The molecule has 0 amide bonds. The predicted molar refractivity (Wildman–Crippen MR) is 63.6 cm³/mol. The third-order valence-electron chi connectivity index (χ3n) is 2.07. The molecule has 0 saturated carbocycles. The molecule has 0 atom stereocenters. The Morgan fingerprint density at radius 2 is 2.00 bits per heavy atom. The van der Waals surface area contributed by atoms with Gasteiger partial charge in [0.1, 0.15) is 0 Å². The normalized spacial score (nSPS) is 10.6. The zero-order valence-electron chi connectivity index (χ0n) is 8.40. The van der Waals surface area contributed by atoms with Crippen molar-refractivity contribution in [2.45, 2.75) is 12.8 Å². The van der Waals surface area contributed by atoms with E-state index in [0.717, 1.165) is 18.5 Å². The molecule has 0 radical (unpaired) electrons. The second-order valence-corrected chi connectivity index (χ2v) is 4.12. The standard InChI is InChI=1S/C11H14Cl2FN/c12-10-3-2-9(11(13)8-10)4-7-15-6-1-5-14/h2-3,8,15H,1,4-7H2. The zero-order valence-corrected chi connectivity index (χ0v) is 9.91. The number of hydrogen-bond acceptors (Lipinski definition) is 1. The molecule has 1 aromatic rings. The van der Waals surface area contributed by atoms with Gasteiger partial charge in [0.25, 0.3) is 0 Å². The minimum Gasteiger partial charge on any atom is -0.316 e. The summed E-state index contributed by atoms with van der Waals surface area (Å²) >= 11 is 11.8. The molecule has 0 saturated heterocycles.